The lowest BCUT2D eigenvalue weighted by Crippen LogP contribution is -2.42. The summed E-state index contributed by atoms with van der Waals surface area (Å²) in [6, 6.07) is -0.448. The zero-order valence-corrected chi connectivity index (χ0v) is 9.81. The molecule has 0 rings (SSSR count). The van der Waals surface area contributed by atoms with E-state index in [2.05, 4.69) is 5.32 Å². The number of alkyl carbamates (subject to hydrolysis) is 1. The fraction of sp³-hybridized carbons (Fsp3) is 0.778. The first-order valence-electron chi connectivity index (χ1n) is 4.44. The number of carbonyl (C=O) groups is 2. The monoisotopic (exact) mass is 219 g/mol. The van der Waals surface area contributed by atoms with Crippen LogP contribution in [0.1, 0.15) is 20.8 Å². The summed E-state index contributed by atoms with van der Waals surface area (Å²) < 4.78 is 4.87. The van der Waals surface area contributed by atoms with Crippen LogP contribution in [0.25, 0.3) is 0 Å². The zero-order valence-electron chi connectivity index (χ0n) is 8.99. The van der Waals surface area contributed by atoms with Crippen molar-refractivity contribution in [2.45, 2.75) is 32.9 Å². The summed E-state index contributed by atoms with van der Waals surface area (Å²) in [6.45, 7) is 4.98. The van der Waals surface area contributed by atoms with Gasteiger partial charge in [-0.1, -0.05) is 0 Å². The summed E-state index contributed by atoms with van der Waals surface area (Å²) in [5.41, 5.74) is 0. The molecule has 0 aliphatic heterocycles. The molecule has 0 fully saturated rings. The van der Waals surface area contributed by atoms with Gasteiger partial charge in [-0.15, -0.1) is 0 Å². The average molecular weight is 219 g/mol. The number of amides is 1. The van der Waals surface area contributed by atoms with E-state index in [0.717, 1.165) is 0 Å². The van der Waals surface area contributed by atoms with Crippen LogP contribution in [0.5, 0.6) is 0 Å². The van der Waals surface area contributed by atoms with Gasteiger partial charge in [0.1, 0.15) is 0 Å². The van der Waals surface area contributed by atoms with Crippen molar-refractivity contribution in [1.82, 2.24) is 5.32 Å². The predicted molar refractivity (Wildman–Crippen MR) is 57.6 cm³/mol. The van der Waals surface area contributed by atoms with Gasteiger partial charge in [0.2, 0.25) is 0 Å². The second kappa shape index (κ2) is 6.70. The molecule has 0 unspecified atom stereocenters. The van der Waals surface area contributed by atoms with Crippen molar-refractivity contribution in [3.8, 4) is 0 Å². The molecular formula is C9H17NO3S. The van der Waals surface area contributed by atoms with Crippen molar-refractivity contribution < 1.29 is 14.3 Å². The number of carbonyl (C=O) groups excluding carboxylic acids is 2. The molecule has 0 saturated heterocycles. The van der Waals surface area contributed by atoms with E-state index in [4.69, 9.17) is 4.74 Å². The standard InChI is InChI=1S/C9H17NO3S/c1-6(2)13-9(12)10-8(5-14-4)7(3)11/h6,8H,5H2,1-4H3,(H,10,12)/t8-/m0/s1. The summed E-state index contributed by atoms with van der Waals surface area (Å²) >= 11 is 1.51. The SMILES string of the molecule is CSC[C@H](NC(=O)OC(C)C)C(C)=O. The van der Waals surface area contributed by atoms with Crippen molar-refractivity contribution in [1.29, 1.82) is 0 Å². The quantitative estimate of drug-likeness (QED) is 0.760. The van der Waals surface area contributed by atoms with Gasteiger partial charge < -0.3 is 10.1 Å². The zero-order chi connectivity index (χ0) is 11.1. The van der Waals surface area contributed by atoms with Crippen LogP contribution in [-0.4, -0.2) is 36.0 Å². The van der Waals surface area contributed by atoms with Crippen molar-refractivity contribution in [3.63, 3.8) is 0 Å². The van der Waals surface area contributed by atoms with E-state index in [0.29, 0.717) is 5.75 Å². The van der Waals surface area contributed by atoms with Crippen LogP contribution in [0, 0.1) is 0 Å². The molecule has 0 aliphatic carbocycles. The van der Waals surface area contributed by atoms with Gasteiger partial charge in [-0.2, -0.15) is 11.8 Å². The van der Waals surface area contributed by atoms with Crippen LogP contribution < -0.4 is 5.32 Å². The lowest BCUT2D eigenvalue weighted by molar-refractivity contribution is -0.118. The van der Waals surface area contributed by atoms with E-state index < -0.39 is 12.1 Å². The molecule has 0 spiro atoms. The minimum absolute atomic E-state index is 0.0555. The number of nitrogens with one attached hydrogen (secondary N) is 1. The average Bonchev–Trinajstić information content (AvgIpc) is 2.01. The first-order chi connectivity index (χ1) is 6.47. The molecule has 1 amide bonds. The number of thioether (sulfide) groups is 1. The number of ketones is 1. The summed E-state index contributed by atoms with van der Waals surface area (Å²) in [6.07, 6.45) is 1.18. The Labute approximate surface area is 88.8 Å². The highest BCUT2D eigenvalue weighted by atomic mass is 32.2. The normalized spacial score (nSPS) is 12.4. The third-order valence-electron chi connectivity index (χ3n) is 1.46. The molecule has 1 atom stereocenters. The summed E-state index contributed by atoms with van der Waals surface area (Å²) in [7, 11) is 0. The number of hydrogen-bond donors (Lipinski definition) is 1. The van der Waals surface area contributed by atoms with E-state index in [9.17, 15) is 9.59 Å². The molecular weight excluding hydrogens is 202 g/mol. The molecule has 14 heavy (non-hydrogen) atoms. The fourth-order valence-electron chi connectivity index (χ4n) is 0.818. The van der Waals surface area contributed by atoms with Gasteiger partial charge in [-0.05, 0) is 27.0 Å². The Kier molecular flexibility index (Phi) is 6.36. The first-order valence-corrected chi connectivity index (χ1v) is 5.83. The molecule has 0 aromatic rings. The smallest absolute Gasteiger partial charge is 0.407 e. The topological polar surface area (TPSA) is 55.4 Å². The third-order valence-corrected chi connectivity index (χ3v) is 2.13. The Morgan fingerprint density at radius 2 is 2.00 bits per heavy atom. The summed E-state index contributed by atoms with van der Waals surface area (Å²) in [5, 5.41) is 2.52. The van der Waals surface area contributed by atoms with E-state index >= 15 is 0 Å². The van der Waals surface area contributed by atoms with E-state index in [1.807, 2.05) is 6.26 Å². The fourth-order valence-corrected chi connectivity index (χ4v) is 1.47. The Bertz CT molecular complexity index is 206. The summed E-state index contributed by atoms with van der Waals surface area (Å²) in [4.78, 5) is 22.2. The molecule has 82 valence electrons. The lowest BCUT2D eigenvalue weighted by Gasteiger charge is -2.15. The number of hydrogen-bond acceptors (Lipinski definition) is 4. The molecule has 5 heteroatoms. The maximum Gasteiger partial charge on any atom is 0.407 e. The lowest BCUT2D eigenvalue weighted by atomic mass is 10.2. The van der Waals surface area contributed by atoms with Crippen molar-refractivity contribution >= 4 is 23.6 Å². The van der Waals surface area contributed by atoms with Gasteiger partial charge in [-0.3, -0.25) is 4.79 Å². The molecule has 0 aromatic heterocycles. The Hall–Kier alpha value is -0.710. The van der Waals surface area contributed by atoms with Crippen LogP contribution >= 0.6 is 11.8 Å². The van der Waals surface area contributed by atoms with Crippen LogP contribution in [0.3, 0.4) is 0 Å². The van der Waals surface area contributed by atoms with Gasteiger partial charge in [0.05, 0.1) is 12.1 Å². The molecule has 0 heterocycles. The van der Waals surface area contributed by atoms with Gasteiger partial charge in [-0.25, -0.2) is 4.79 Å². The molecule has 0 radical (unpaired) electrons. The number of Topliss-reactive ketones (excluding diaryl/α,β-unsaturated/α-hetero) is 1. The highest BCUT2D eigenvalue weighted by molar-refractivity contribution is 7.98. The number of ether oxygens (including phenoxy) is 1. The van der Waals surface area contributed by atoms with Crippen LogP contribution in [-0.2, 0) is 9.53 Å². The molecule has 1 N–H and O–H groups in total. The van der Waals surface area contributed by atoms with Crippen LogP contribution in [0.2, 0.25) is 0 Å². The molecule has 0 bridgehead atoms. The van der Waals surface area contributed by atoms with Crippen molar-refractivity contribution in [2.24, 2.45) is 0 Å². The maximum absolute atomic E-state index is 11.1. The maximum atomic E-state index is 11.1. The minimum atomic E-state index is -0.533. The second-order valence-electron chi connectivity index (χ2n) is 3.22. The molecule has 4 nitrogen and oxygen atoms in total. The van der Waals surface area contributed by atoms with Crippen LogP contribution in [0.15, 0.2) is 0 Å². The van der Waals surface area contributed by atoms with Crippen molar-refractivity contribution in [2.75, 3.05) is 12.0 Å². The Balaban J connectivity index is 4.02. The predicted octanol–water partition coefficient (Wildman–Crippen LogP) is 1.44. The second-order valence-corrected chi connectivity index (χ2v) is 4.13. The third kappa shape index (κ3) is 5.85. The van der Waals surface area contributed by atoms with Crippen molar-refractivity contribution in [3.05, 3.63) is 0 Å². The van der Waals surface area contributed by atoms with Gasteiger partial charge in [0.25, 0.3) is 0 Å². The van der Waals surface area contributed by atoms with Gasteiger partial charge in [0, 0.05) is 5.75 Å². The minimum Gasteiger partial charge on any atom is -0.447 e. The molecule has 0 aromatic carbocycles. The molecule has 0 saturated carbocycles. The van der Waals surface area contributed by atoms with E-state index in [1.54, 1.807) is 13.8 Å². The van der Waals surface area contributed by atoms with Crippen LogP contribution in [0.4, 0.5) is 4.79 Å². The number of rotatable bonds is 5. The molecule has 0 aliphatic rings. The summed E-state index contributed by atoms with van der Waals surface area (Å²) in [5.74, 6) is 0.516. The Morgan fingerprint density at radius 3 is 2.36 bits per heavy atom. The Morgan fingerprint density at radius 1 is 1.43 bits per heavy atom. The first kappa shape index (κ1) is 13.3. The highest BCUT2D eigenvalue weighted by Crippen LogP contribution is 1.99. The van der Waals surface area contributed by atoms with E-state index in [1.165, 1.54) is 18.7 Å². The van der Waals surface area contributed by atoms with Gasteiger partial charge >= 0.3 is 6.09 Å². The largest absolute Gasteiger partial charge is 0.447 e. The van der Waals surface area contributed by atoms with E-state index in [-0.39, 0.29) is 11.9 Å². The van der Waals surface area contributed by atoms with Gasteiger partial charge in [0.15, 0.2) is 5.78 Å². The highest BCUT2D eigenvalue weighted by Gasteiger charge is 2.17.